The lowest BCUT2D eigenvalue weighted by Gasteiger charge is -2.27. The minimum Gasteiger partial charge on any atom is -0.430 e. The van der Waals surface area contributed by atoms with Crippen molar-refractivity contribution >= 4 is 5.97 Å². The third-order valence-electron chi connectivity index (χ3n) is 11.4. The van der Waals surface area contributed by atoms with Crippen molar-refractivity contribution in [2.24, 2.45) is 5.92 Å². The summed E-state index contributed by atoms with van der Waals surface area (Å²) in [6.45, 7) is 4.60. The van der Waals surface area contributed by atoms with E-state index in [9.17, 15) is 4.79 Å². The van der Waals surface area contributed by atoms with Gasteiger partial charge in [-0.2, -0.15) is 0 Å². The van der Waals surface area contributed by atoms with E-state index in [2.05, 4.69) is 44.2 Å². The molecule has 0 amide bonds. The van der Waals surface area contributed by atoms with Crippen molar-refractivity contribution in [3.63, 3.8) is 0 Å². The molecule has 0 aliphatic carbocycles. The van der Waals surface area contributed by atoms with E-state index in [0.717, 1.165) is 31.4 Å². The number of hydrogen-bond acceptors (Lipinski definition) is 2. The summed E-state index contributed by atoms with van der Waals surface area (Å²) in [5.41, 5.74) is 0. The van der Waals surface area contributed by atoms with Crippen LogP contribution in [0.1, 0.15) is 271 Å². The smallest absolute Gasteiger partial charge is 0.321 e. The first-order valence-electron chi connectivity index (χ1n) is 24.0. The molecule has 1 atom stereocenters. The van der Waals surface area contributed by atoms with Crippen LogP contribution in [0.25, 0.3) is 0 Å². The Morgan fingerprint density at radius 1 is 0.365 bits per heavy atom. The Morgan fingerprint density at radius 2 is 0.635 bits per heavy atom. The van der Waals surface area contributed by atoms with Gasteiger partial charge in [-0.25, -0.2) is 0 Å². The number of esters is 1. The molecule has 0 N–H and O–H groups in total. The van der Waals surface area contributed by atoms with Crippen LogP contribution in [-0.2, 0) is 9.53 Å². The van der Waals surface area contributed by atoms with Gasteiger partial charge in [-0.05, 0) is 76.7 Å². The van der Waals surface area contributed by atoms with E-state index in [0.29, 0.717) is 0 Å². The summed E-state index contributed by atoms with van der Waals surface area (Å²) in [4.78, 5) is 12.0. The Balaban J connectivity index is 1.83. The van der Waals surface area contributed by atoms with Crippen molar-refractivity contribution < 1.29 is 9.53 Å². The van der Waals surface area contributed by atoms with Crippen molar-refractivity contribution in [3.05, 3.63) is 36.1 Å². The van der Waals surface area contributed by atoms with Crippen LogP contribution in [0.4, 0.5) is 0 Å². The number of ether oxygens (including phenoxy) is 1. The van der Waals surface area contributed by atoms with Crippen LogP contribution in [0.3, 0.4) is 0 Å². The van der Waals surface area contributed by atoms with Crippen LogP contribution in [0, 0.1) is 5.92 Å². The Morgan fingerprint density at radius 3 is 0.962 bits per heavy atom. The Bertz CT molecular complexity index is 822. The maximum atomic E-state index is 12.0. The predicted molar refractivity (Wildman–Crippen MR) is 232 cm³/mol. The molecule has 0 bridgehead atoms. The minimum atomic E-state index is -0.00306. The van der Waals surface area contributed by atoms with Crippen LogP contribution < -0.4 is 0 Å². The van der Waals surface area contributed by atoms with Gasteiger partial charge < -0.3 is 4.74 Å². The molecule has 0 radical (unpaired) electrons. The number of unbranched alkanes of at least 4 members (excludes halogenated alkanes) is 35. The highest BCUT2D eigenvalue weighted by Gasteiger charge is 2.36. The standard InChI is InChI=1S/C50H92O2/c1-3-5-7-9-11-13-15-17-19-21-23-25-27-29-31-33-35-37-39-41-43-45-47-49-48(50(51)52-49)46-44-42-40-38-36-34-32-30-28-26-24-22-20-18-16-14-12-10-8-6-4-2/h35-38,47-48H,3-34,39-46H2,1-2H3/b37-35+,38-36+,49-47-. The Hall–Kier alpha value is -1.31. The molecule has 0 aromatic heterocycles. The SMILES string of the molecule is CCCCCCCCCCCCCCCCC/C=C/CCCC/C=C1\OC(=O)C1CCCC/C=C/CCCCCCCCCCCCCCCCC. The average molecular weight is 725 g/mol. The fourth-order valence-electron chi connectivity index (χ4n) is 7.76. The lowest BCUT2D eigenvalue weighted by Crippen LogP contribution is -2.32. The largest absolute Gasteiger partial charge is 0.430 e. The first-order valence-corrected chi connectivity index (χ1v) is 24.0. The summed E-state index contributed by atoms with van der Waals surface area (Å²) in [5.74, 6) is 0.994. The van der Waals surface area contributed by atoms with Crippen LogP contribution in [0.15, 0.2) is 36.1 Å². The van der Waals surface area contributed by atoms with E-state index in [1.165, 1.54) is 231 Å². The van der Waals surface area contributed by atoms with Crippen LogP contribution in [0.5, 0.6) is 0 Å². The molecule has 1 saturated heterocycles. The van der Waals surface area contributed by atoms with Crippen molar-refractivity contribution in [2.45, 2.75) is 271 Å². The summed E-state index contributed by atoms with van der Waals surface area (Å²) < 4.78 is 5.39. The molecule has 2 nitrogen and oxygen atoms in total. The molecule has 304 valence electrons. The van der Waals surface area contributed by atoms with Gasteiger partial charge in [-0.15, -0.1) is 0 Å². The molecule has 0 saturated carbocycles. The van der Waals surface area contributed by atoms with Crippen molar-refractivity contribution in [2.75, 3.05) is 0 Å². The van der Waals surface area contributed by atoms with E-state index >= 15 is 0 Å². The minimum absolute atomic E-state index is 0.00306. The normalized spacial score (nSPS) is 15.4. The van der Waals surface area contributed by atoms with E-state index in [-0.39, 0.29) is 11.9 Å². The van der Waals surface area contributed by atoms with Gasteiger partial charge >= 0.3 is 5.97 Å². The van der Waals surface area contributed by atoms with Gasteiger partial charge in [0.1, 0.15) is 11.7 Å². The number of allylic oxidation sites excluding steroid dienone is 5. The maximum absolute atomic E-state index is 12.0. The van der Waals surface area contributed by atoms with Gasteiger partial charge in [0.05, 0.1) is 0 Å². The molecular formula is C50H92O2. The third-order valence-corrected chi connectivity index (χ3v) is 11.4. The summed E-state index contributed by atoms with van der Waals surface area (Å²) in [6, 6.07) is 0. The van der Waals surface area contributed by atoms with E-state index in [4.69, 9.17) is 4.74 Å². The zero-order valence-electron chi connectivity index (χ0n) is 35.6. The van der Waals surface area contributed by atoms with Gasteiger partial charge in [0.2, 0.25) is 0 Å². The zero-order valence-corrected chi connectivity index (χ0v) is 35.6. The lowest BCUT2D eigenvalue weighted by molar-refractivity contribution is -0.157. The van der Waals surface area contributed by atoms with E-state index < -0.39 is 0 Å². The second-order valence-corrected chi connectivity index (χ2v) is 16.6. The zero-order chi connectivity index (χ0) is 37.3. The highest BCUT2D eigenvalue weighted by molar-refractivity contribution is 5.82. The molecule has 0 aromatic rings. The summed E-state index contributed by atoms with van der Waals surface area (Å²) >= 11 is 0. The highest BCUT2D eigenvalue weighted by atomic mass is 16.6. The van der Waals surface area contributed by atoms with E-state index in [1.54, 1.807) is 0 Å². The van der Waals surface area contributed by atoms with Crippen molar-refractivity contribution in [1.82, 2.24) is 0 Å². The highest BCUT2D eigenvalue weighted by Crippen LogP contribution is 2.32. The van der Waals surface area contributed by atoms with Gasteiger partial charge in [0.25, 0.3) is 0 Å². The molecule has 1 aliphatic rings. The fraction of sp³-hybridized carbons (Fsp3) is 0.860. The van der Waals surface area contributed by atoms with E-state index in [1.807, 2.05) is 0 Å². The van der Waals surface area contributed by atoms with Crippen LogP contribution in [0.2, 0.25) is 0 Å². The Labute approximate surface area is 327 Å². The first-order chi connectivity index (χ1) is 25.8. The average Bonchev–Trinajstić information content (AvgIpc) is 3.15. The second-order valence-electron chi connectivity index (χ2n) is 16.6. The number of carbonyl (C=O) groups is 1. The van der Waals surface area contributed by atoms with Gasteiger partial charge in [-0.1, -0.05) is 224 Å². The van der Waals surface area contributed by atoms with Crippen molar-refractivity contribution in [3.8, 4) is 0 Å². The monoisotopic (exact) mass is 725 g/mol. The number of rotatable bonds is 42. The maximum Gasteiger partial charge on any atom is 0.321 e. The Kier molecular flexibility index (Phi) is 38.3. The molecule has 1 unspecified atom stereocenters. The molecule has 1 heterocycles. The van der Waals surface area contributed by atoms with Gasteiger partial charge in [0, 0.05) is 0 Å². The van der Waals surface area contributed by atoms with Gasteiger partial charge in [0.15, 0.2) is 0 Å². The van der Waals surface area contributed by atoms with Crippen molar-refractivity contribution in [1.29, 1.82) is 0 Å². The fourth-order valence-corrected chi connectivity index (χ4v) is 7.76. The quantitative estimate of drug-likeness (QED) is 0.0356. The summed E-state index contributed by atoms with van der Waals surface area (Å²) in [7, 11) is 0. The third kappa shape index (κ3) is 33.3. The molecule has 0 aromatic carbocycles. The molecule has 52 heavy (non-hydrogen) atoms. The topological polar surface area (TPSA) is 26.3 Å². The van der Waals surface area contributed by atoms with Gasteiger partial charge in [-0.3, -0.25) is 4.79 Å². The molecule has 1 aliphatic heterocycles. The molecule has 2 heteroatoms. The predicted octanol–water partition coefficient (Wildman–Crippen LogP) is 17.8. The van der Waals surface area contributed by atoms with Crippen LogP contribution in [-0.4, -0.2) is 5.97 Å². The molecule has 0 spiro atoms. The number of hydrogen-bond donors (Lipinski definition) is 0. The first kappa shape index (κ1) is 48.7. The molecule has 1 rings (SSSR count). The van der Waals surface area contributed by atoms with Crippen LogP contribution >= 0.6 is 0 Å². The molecular weight excluding hydrogens is 633 g/mol. The number of carbonyl (C=O) groups excluding carboxylic acids is 1. The lowest BCUT2D eigenvalue weighted by atomic mass is 9.94. The molecule has 1 fully saturated rings. The second kappa shape index (κ2) is 40.9. The summed E-state index contributed by atoms with van der Waals surface area (Å²) in [6.07, 6.45) is 66.2. The summed E-state index contributed by atoms with van der Waals surface area (Å²) in [5, 5.41) is 0. The number of cyclic esters (lactones) is 1.